The Morgan fingerprint density at radius 3 is 2.59 bits per heavy atom. The Bertz CT molecular complexity index is 1040. The highest BCUT2D eigenvalue weighted by atomic mass is 16.6. The van der Waals surface area contributed by atoms with Crippen molar-refractivity contribution in [2.24, 2.45) is 11.8 Å². The third kappa shape index (κ3) is 4.98. The number of rotatable bonds is 7. The van der Waals surface area contributed by atoms with Crippen molar-refractivity contribution in [1.29, 1.82) is 0 Å². The highest BCUT2D eigenvalue weighted by Gasteiger charge is 2.47. The van der Waals surface area contributed by atoms with Gasteiger partial charge in [-0.3, -0.25) is 14.2 Å². The standard InChI is InChI=1S/C22H32N6O6/c1-3-24-21(32)18-16(30)17(31)22(34-18)28-10-25-15-19(23)26-14(27-20(15)28)8-12-4-6-13(7-5-12)9-33-11(2)29/h10,12-13,16-18,22,30-31H,3-9H2,1-2H3,(H,24,32)(H2,23,26,27)/t12?,13?,16-,17?,18+,22-/m1/s1. The molecule has 34 heavy (non-hydrogen) atoms. The van der Waals surface area contributed by atoms with Crippen molar-refractivity contribution in [2.45, 2.75) is 70.5 Å². The van der Waals surface area contributed by atoms with Crippen LogP contribution in [0.3, 0.4) is 0 Å². The molecule has 186 valence electrons. The second-order valence-electron chi connectivity index (χ2n) is 9.07. The van der Waals surface area contributed by atoms with Crippen molar-refractivity contribution in [3.63, 3.8) is 0 Å². The van der Waals surface area contributed by atoms with Crippen molar-refractivity contribution >= 4 is 28.9 Å². The molecule has 2 fully saturated rings. The molecule has 1 saturated heterocycles. The van der Waals surface area contributed by atoms with Gasteiger partial charge in [0.25, 0.3) is 5.91 Å². The molecule has 4 rings (SSSR count). The lowest BCUT2D eigenvalue weighted by Gasteiger charge is -2.27. The molecule has 0 bridgehead atoms. The number of aliphatic hydroxyl groups is 2. The molecule has 1 aliphatic heterocycles. The summed E-state index contributed by atoms with van der Waals surface area (Å²) in [7, 11) is 0. The van der Waals surface area contributed by atoms with Gasteiger partial charge in [-0.15, -0.1) is 0 Å². The normalized spacial score (nSPS) is 29.3. The Morgan fingerprint density at radius 1 is 1.21 bits per heavy atom. The van der Waals surface area contributed by atoms with Gasteiger partial charge >= 0.3 is 5.97 Å². The molecule has 0 spiro atoms. The molecule has 2 aromatic rings. The first-order valence-electron chi connectivity index (χ1n) is 11.7. The van der Waals surface area contributed by atoms with Crippen LogP contribution in [0.4, 0.5) is 5.82 Å². The molecule has 5 N–H and O–H groups in total. The van der Waals surface area contributed by atoms with Gasteiger partial charge in [-0.1, -0.05) is 0 Å². The molecule has 1 aliphatic carbocycles. The van der Waals surface area contributed by atoms with E-state index in [0.29, 0.717) is 48.4 Å². The van der Waals surface area contributed by atoms with Gasteiger partial charge in [0.15, 0.2) is 23.8 Å². The number of amides is 1. The van der Waals surface area contributed by atoms with E-state index in [-0.39, 0.29) is 11.8 Å². The van der Waals surface area contributed by atoms with Crippen molar-refractivity contribution in [1.82, 2.24) is 24.8 Å². The van der Waals surface area contributed by atoms with Crippen molar-refractivity contribution in [2.75, 3.05) is 18.9 Å². The third-order valence-corrected chi connectivity index (χ3v) is 6.58. The summed E-state index contributed by atoms with van der Waals surface area (Å²) in [6, 6.07) is 0. The lowest BCUT2D eigenvalue weighted by atomic mass is 9.81. The predicted molar refractivity (Wildman–Crippen MR) is 120 cm³/mol. The lowest BCUT2D eigenvalue weighted by molar-refractivity contribution is -0.142. The van der Waals surface area contributed by atoms with Gasteiger partial charge in [-0.2, -0.15) is 0 Å². The van der Waals surface area contributed by atoms with E-state index in [1.807, 2.05) is 0 Å². The Hall–Kier alpha value is -2.83. The number of carbonyl (C=O) groups excluding carboxylic acids is 2. The number of ether oxygens (including phenoxy) is 2. The van der Waals surface area contributed by atoms with Gasteiger partial charge in [-0.05, 0) is 44.4 Å². The molecule has 2 aliphatic rings. The first-order chi connectivity index (χ1) is 16.3. The maximum absolute atomic E-state index is 12.2. The monoisotopic (exact) mass is 476 g/mol. The highest BCUT2D eigenvalue weighted by molar-refractivity contribution is 5.83. The number of aliphatic hydroxyl groups excluding tert-OH is 2. The molecule has 4 atom stereocenters. The van der Waals surface area contributed by atoms with Crippen molar-refractivity contribution < 1.29 is 29.3 Å². The molecule has 3 heterocycles. The van der Waals surface area contributed by atoms with E-state index < -0.39 is 30.4 Å². The van der Waals surface area contributed by atoms with E-state index in [2.05, 4.69) is 20.3 Å². The van der Waals surface area contributed by atoms with E-state index in [1.165, 1.54) is 17.8 Å². The van der Waals surface area contributed by atoms with Gasteiger partial charge in [0, 0.05) is 19.9 Å². The number of nitrogen functional groups attached to an aromatic ring is 1. The number of esters is 1. The molecule has 12 heteroatoms. The Kier molecular flexibility index (Phi) is 7.29. The first-order valence-corrected chi connectivity index (χ1v) is 11.7. The van der Waals surface area contributed by atoms with E-state index in [1.54, 1.807) is 6.92 Å². The second-order valence-corrected chi connectivity index (χ2v) is 9.07. The molecular formula is C22H32N6O6. The average Bonchev–Trinajstić information content (AvgIpc) is 3.35. The smallest absolute Gasteiger partial charge is 0.302 e. The molecule has 1 amide bonds. The summed E-state index contributed by atoms with van der Waals surface area (Å²) in [5.74, 6) is 0.774. The van der Waals surface area contributed by atoms with Gasteiger partial charge in [0.1, 0.15) is 23.5 Å². The second kappa shape index (κ2) is 10.2. The summed E-state index contributed by atoms with van der Waals surface area (Å²) >= 11 is 0. The van der Waals surface area contributed by atoms with Crippen LogP contribution in [0.15, 0.2) is 6.33 Å². The molecule has 2 aromatic heterocycles. The zero-order valence-electron chi connectivity index (χ0n) is 19.4. The van der Waals surface area contributed by atoms with Crippen LogP contribution >= 0.6 is 0 Å². The number of hydrogen-bond acceptors (Lipinski definition) is 10. The van der Waals surface area contributed by atoms with E-state index in [4.69, 9.17) is 15.2 Å². The third-order valence-electron chi connectivity index (χ3n) is 6.58. The number of hydrogen-bond donors (Lipinski definition) is 4. The maximum Gasteiger partial charge on any atom is 0.302 e. The molecule has 12 nitrogen and oxygen atoms in total. The maximum atomic E-state index is 12.2. The van der Waals surface area contributed by atoms with Crippen LogP contribution in [0.1, 0.15) is 51.6 Å². The SMILES string of the molecule is CCNC(=O)[C@H]1O[C@@H](n2cnc3c(N)nc(CC4CCC(COC(C)=O)CC4)nc32)C(O)[C@H]1O. The zero-order chi connectivity index (χ0) is 24.4. The predicted octanol–water partition coefficient (Wildman–Crippen LogP) is 0.0758. The molecule has 0 aromatic carbocycles. The van der Waals surface area contributed by atoms with Crippen LogP contribution in [-0.4, -0.2) is 73.1 Å². The topological polar surface area (TPSA) is 175 Å². The van der Waals surface area contributed by atoms with Crippen molar-refractivity contribution in [3.8, 4) is 0 Å². The number of nitrogens with one attached hydrogen (secondary N) is 1. The lowest BCUT2D eigenvalue weighted by Crippen LogP contribution is -2.42. The Balaban J connectivity index is 1.49. The van der Waals surface area contributed by atoms with Crippen LogP contribution in [0.25, 0.3) is 11.2 Å². The number of nitrogens with zero attached hydrogens (tertiary/aromatic N) is 4. The van der Waals surface area contributed by atoms with Gasteiger partial charge in [0.2, 0.25) is 0 Å². The number of nitrogens with two attached hydrogens (primary N) is 1. The summed E-state index contributed by atoms with van der Waals surface area (Å²) in [5.41, 5.74) is 6.88. The quantitative estimate of drug-likeness (QED) is 0.400. The largest absolute Gasteiger partial charge is 0.466 e. The fraction of sp³-hybridized carbons (Fsp3) is 0.682. The minimum Gasteiger partial charge on any atom is -0.466 e. The summed E-state index contributed by atoms with van der Waals surface area (Å²) in [6.07, 6.45) is 0.916. The number of aromatic nitrogens is 4. The highest BCUT2D eigenvalue weighted by Crippen LogP contribution is 2.34. The van der Waals surface area contributed by atoms with E-state index in [9.17, 15) is 19.8 Å². The fourth-order valence-corrected chi connectivity index (χ4v) is 4.74. The van der Waals surface area contributed by atoms with Crippen LogP contribution in [-0.2, 0) is 25.5 Å². The first kappa shape index (κ1) is 24.3. The van der Waals surface area contributed by atoms with Crippen LogP contribution in [0.5, 0.6) is 0 Å². The summed E-state index contributed by atoms with van der Waals surface area (Å²) in [5, 5.41) is 23.5. The average molecular weight is 477 g/mol. The summed E-state index contributed by atoms with van der Waals surface area (Å²) in [4.78, 5) is 36.6. The number of anilines is 1. The van der Waals surface area contributed by atoms with Crippen LogP contribution in [0.2, 0.25) is 0 Å². The minimum absolute atomic E-state index is 0.218. The van der Waals surface area contributed by atoms with Gasteiger partial charge < -0.3 is 30.7 Å². The van der Waals surface area contributed by atoms with Crippen molar-refractivity contribution in [3.05, 3.63) is 12.2 Å². The zero-order valence-corrected chi connectivity index (χ0v) is 19.4. The number of imidazole rings is 1. The number of likely N-dealkylation sites (N-methyl/N-ethyl adjacent to an activating group) is 1. The summed E-state index contributed by atoms with van der Waals surface area (Å²) < 4.78 is 12.3. The van der Waals surface area contributed by atoms with E-state index >= 15 is 0 Å². The Morgan fingerprint density at radius 2 is 1.91 bits per heavy atom. The van der Waals surface area contributed by atoms with Gasteiger partial charge in [0.05, 0.1) is 12.9 Å². The minimum atomic E-state index is -1.39. The Labute approximate surface area is 196 Å². The summed E-state index contributed by atoms with van der Waals surface area (Å²) in [6.45, 7) is 4.01. The van der Waals surface area contributed by atoms with Crippen LogP contribution in [0, 0.1) is 11.8 Å². The molecule has 0 radical (unpaired) electrons. The molecule has 1 unspecified atom stereocenters. The van der Waals surface area contributed by atoms with Gasteiger partial charge in [-0.25, -0.2) is 15.0 Å². The van der Waals surface area contributed by atoms with Crippen LogP contribution < -0.4 is 11.1 Å². The van der Waals surface area contributed by atoms with E-state index in [0.717, 1.165) is 25.7 Å². The molecular weight excluding hydrogens is 444 g/mol. The molecule has 1 saturated carbocycles. The number of fused-ring (bicyclic) bond motifs is 1. The number of carbonyl (C=O) groups is 2. The fourth-order valence-electron chi connectivity index (χ4n) is 4.74.